The van der Waals surface area contributed by atoms with Crippen molar-refractivity contribution in [2.75, 3.05) is 0 Å². The summed E-state index contributed by atoms with van der Waals surface area (Å²) in [5.74, 6) is -5.07. The van der Waals surface area contributed by atoms with Gasteiger partial charge in [0.25, 0.3) is 5.92 Å². The third-order valence-corrected chi connectivity index (χ3v) is 1.37. The Morgan fingerprint density at radius 2 is 2.10 bits per heavy atom. The number of halogens is 2. The van der Waals surface area contributed by atoms with E-state index >= 15 is 0 Å². The Kier molecular flexibility index (Phi) is 3.92. The average molecular weight is 174 g/mol. The summed E-state index contributed by atoms with van der Waals surface area (Å²) >= 11 is 0. The van der Waals surface area contributed by atoms with Crippen molar-refractivity contribution in [2.24, 2.45) is 5.92 Å². The van der Waals surface area contributed by atoms with Gasteiger partial charge in [-0.1, -0.05) is 0 Å². The van der Waals surface area contributed by atoms with E-state index in [0.717, 1.165) is 0 Å². The number of rotatable bonds is 2. The number of alkyl halides is 2. The molecule has 0 heterocycles. The fraction of sp³-hybridized carbons (Fsp3) is 0.800. The van der Waals surface area contributed by atoms with Crippen LogP contribution >= 0.6 is 0 Å². The Bertz CT molecular complexity index is 149. The number of carbonyl (C=O) groups is 1. The van der Waals surface area contributed by atoms with E-state index in [0.29, 0.717) is 0 Å². The van der Waals surface area contributed by atoms with Gasteiger partial charge in [0, 0.05) is 18.3 Å². The van der Waals surface area contributed by atoms with Crippen LogP contribution < -0.4 is 56.5 Å². The molecule has 0 saturated heterocycles. The first-order valence-electron chi connectivity index (χ1n) is 2.60. The Hall–Kier alpha value is 0.966. The molecule has 1 aliphatic rings. The van der Waals surface area contributed by atoms with Crippen molar-refractivity contribution < 1.29 is 70.1 Å². The van der Waals surface area contributed by atoms with Crippen LogP contribution in [-0.2, 0) is 4.79 Å². The summed E-state index contributed by atoms with van der Waals surface area (Å²) < 4.78 is 23.7. The molecular formula is C5H5F2KO2. The Labute approximate surface area is 99.4 Å². The monoisotopic (exact) mass is 174 g/mol. The largest absolute Gasteiger partial charge is 1.00 e. The predicted octanol–water partition coefficient (Wildman–Crippen LogP) is -3.21. The van der Waals surface area contributed by atoms with Crippen LogP contribution in [0.2, 0.25) is 0 Å². The third-order valence-electron chi connectivity index (χ3n) is 1.37. The zero-order valence-corrected chi connectivity index (χ0v) is 8.69. The summed E-state index contributed by atoms with van der Waals surface area (Å²) in [6, 6.07) is 0. The molecule has 0 amide bonds. The van der Waals surface area contributed by atoms with Crippen molar-refractivity contribution >= 4 is 5.97 Å². The van der Waals surface area contributed by atoms with Gasteiger partial charge >= 0.3 is 51.4 Å². The van der Waals surface area contributed by atoms with Gasteiger partial charge in [0.15, 0.2) is 0 Å². The summed E-state index contributed by atoms with van der Waals surface area (Å²) in [6.07, 6.45) is -0.798. The van der Waals surface area contributed by atoms with E-state index in [9.17, 15) is 18.7 Å². The fourth-order valence-corrected chi connectivity index (χ4v) is 0.692. The fourth-order valence-electron chi connectivity index (χ4n) is 0.692. The zero-order valence-electron chi connectivity index (χ0n) is 5.56. The molecule has 10 heavy (non-hydrogen) atoms. The van der Waals surface area contributed by atoms with E-state index in [-0.39, 0.29) is 57.8 Å². The Morgan fingerprint density at radius 3 is 2.20 bits per heavy atom. The summed E-state index contributed by atoms with van der Waals surface area (Å²) in [7, 11) is 0. The minimum atomic E-state index is -2.72. The van der Waals surface area contributed by atoms with Gasteiger partial charge in [0.1, 0.15) is 0 Å². The van der Waals surface area contributed by atoms with Crippen LogP contribution in [-0.4, -0.2) is 11.9 Å². The summed E-state index contributed by atoms with van der Waals surface area (Å²) in [5, 5.41) is 9.69. The molecule has 5 heteroatoms. The van der Waals surface area contributed by atoms with Gasteiger partial charge in [-0.05, 0) is 6.42 Å². The number of carboxylic acid groups (broad SMARTS) is 1. The molecule has 0 aromatic rings. The molecule has 0 aliphatic heterocycles. The van der Waals surface area contributed by atoms with Gasteiger partial charge in [-0.15, -0.1) is 0 Å². The normalized spacial score (nSPS) is 26.8. The van der Waals surface area contributed by atoms with Crippen LogP contribution in [0.15, 0.2) is 0 Å². The van der Waals surface area contributed by atoms with E-state index in [1.54, 1.807) is 0 Å². The third kappa shape index (κ3) is 2.92. The van der Waals surface area contributed by atoms with Crippen LogP contribution in [0.1, 0.15) is 12.8 Å². The van der Waals surface area contributed by atoms with Crippen LogP contribution in [0.5, 0.6) is 0 Å². The van der Waals surface area contributed by atoms with Crippen molar-refractivity contribution in [1.29, 1.82) is 0 Å². The number of hydrogen-bond acceptors (Lipinski definition) is 2. The molecule has 0 spiro atoms. The second kappa shape index (κ2) is 3.58. The SMILES string of the molecule is O=C([O-])CC1CC1(F)F.[K+]. The van der Waals surface area contributed by atoms with Crippen molar-refractivity contribution in [3.05, 3.63) is 0 Å². The van der Waals surface area contributed by atoms with Crippen molar-refractivity contribution in [2.45, 2.75) is 18.8 Å². The number of aliphatic carboxylic acids is 1. The molecule has 1 aliphatic carbocycles. The molecule has 1 saturated carbocycles. The quantitative estimate of drug-likeness (QED) is 0.413. The molecule has 0 aromatic carbocycles. The first kappa shape index (κ1) is 11.0. The topological polar surface area (TPSA) is 40.1 Å². The molecule has 1 fully saturated rings. The van der Waals surface area contributed by atoms with Gasteiger partial charge in [-0.2, -0.15) is 0 Å². The molecule has 0 bridgehead atoms. The Balaban J connectivity index is 0.000000810. The van der Waals surface area contributed by atoms with E-state index < -0.39 is 24.2 Å². The standard InChI is InChI=1S/C5H6F2O2.K/c6-5(7)2-3(5)1-4(8)9;/h3H,1-2H2,(H,8,9);/q;+1/p-1. The zero-order chi connectivity index (χ0) is 7.07. The number of carbonyl (C=O) groups excluding carboxylic acids is 1. The second-order valence-electron chi connectivity index (χ2n) is 2.24. The summed E-state index contributed by atoms with van der Waals surface area (Å²) in [4.78, 5) is 9.69. The Morgan fingerprint density at radius 1 is 1.70 bits per heavy atom. The number of carboxylic acids is 1. The molecule has 1 atom stereocenters. The van der Waals surface area contributed by atoms with Gasteiger partial charge in [0.2, 0.25) is 0 Å². The summed E-state index contributed by atoms with van der Waals surface area (Å²) in [5.41, 5.74) is 0. The average Bonchev–Trinajstić information content (AvgIpc) is 2.10. The maximum absolute atomic E-state index is 11.9. The smallest absolute Gasteiger partial charge is 0.550 e. The molecule has 0 N–H and O–H groups in total. The van der Waals surface area contributed by atoms with Crippen molar-refractivity contribution in [1.82, 2.24) is 0 Å². The van der Waals surface area contributed by atoms with E-state index in [2.05, 4.69) is 0 Å². The van der Waals surface area contributed by atoms with Crippen LogP contribution in [0.25, 0.3) is 0 Å². The van der Waals surface area contributed by atoms with Crippen LogP contribution in [0, 0.1) is 5.92 Å². The molecule has 1 unspecified atom stereocenters. The molecule has 0 radical (unpaired) electrons. The first-order chi connectivity index (χ1) is 4.02. The van der Waals surface area contributed by atoms with E-state index in [4.69, 9.17) is 0 Å². The molecule has 1 rings (SSSR count). The maximum Gasteiger partial charge on any atom is 1.00 e. The second-order valence-corrected chi connectivity index (χ2v) is 2.24. The van der Waals surface area contributed by atoms with E-state index in [1.165, 1.54) is 0 Å². The molecule has 2 nitrogen and oxygen atoms in total. The molecule has 0 aromatic heterocycles. The van der Waals surface area contributed by atoms with Crippen LogP contribution in [0.3, 0.4) is 0 Å². The predicted molar refractivity (Wildman–Crippen MR) is 22.7 cm³/mol. The first-order valence-corrected chi connectivity index (χ1v) is 2.60. The van der Waals surface area contributed by atoms with Gasteiger partial charge in [0.05, 0.1) is 0 Å². The van der Waals surface area contributed by atoms with Gasteiger partial charge in [-0.25, -0.2) is 8.78 Å². The van der Waals surface area contributed by atoms with Crippen molar-refractivity contribution in [3.63, 3.8) is 0 Å². The van der Waals surface area contributed by atoms with Crippen LogP contribution in [0.4, 0.5) is 8.78 Å². The van der Waals surface area contributed by atoms with Gasteiger partial charge < -0.3 is 9.90 Å². The van der Waals surface area contributed by atoms with Crippen molar-refractivity contribution in [3.8, 4) is 0 Å². The minimum Gasteiger partial charge on any atom is -0.550 e. The van der Waals surface area contributed by atoms with Gasteiger partial charge in [-0.3, -0.25) is 0 Å². The molecular weight excluding hydrogens is 169 g/mol. The maximum atomic E-state index is 11.9. The number of hydrogen-bond donors (Lipinski definition) is 0. The summed E-state index contributed by atoms with van der Waals surface area (Å²) in [6.45, 7) is 0. The van der Waals surface area contributed by atoms with E-state index in [1.807, 2.05) is 0 Å². The molecule has 52 valence electrons. The minimum absolute atomic E-state index is 0.